The smallest absolute Gasteiger partial charge is 0.331 e. The standard InChI is InChI=1S/C20H29N3O5S/c1-6-13(3)23(14(4)7-2)18(24)12-28-20(25)15(5)21-19-16-10-8-9-11-17(16)29(26,27)22-19/h8-11,13-15H,6-7,12H2,1-5H3,(H,21,22)/t13-,14+,15-/m0/s1. The van der Waals surface area contributed by atoms with Gasteiger partial charge in [-0.05, 0) is 45.7 Å². The van der Waals surface area contributed by atoms with Gasteiger partial charge in [-0.25, -0.2) is 13.2 Å². The molecule has 1 heterocycles. The maximum absolute atomic E-state index is 12.6. The second-order valence-electron chi connectivity index (χ2n) is 7.18. The summed E-state index contributed by atoms with van der Waals surface area (Å²) in [6.07, 6.45) is 1.60. The Morgan fingerprint density at radius 1 is 1.10 bits per heavy atom. The van der Waals surface area contributed by atoms with Crippen LogP contribution in [0.1, 0.15) is 53.0 Å². The van der Waals surface area contributed by atoms with Crippen LogP contribution in [0.4, 0.5) is 0 Å². The minimum atomic E-state index is -3.68. The first-order valence-corrected chi connectivity index (χ1v) is 11.3. The SMILES string of the molecule is CC[C@@H](C)N(C(=O)COC(=O)[C@H](C)N=C1NS(=O)(=O)c2ccccc21)[C@@H](C)CC. The Morgan fingerprint density at radius 3 is 2.28 bits per heavy atom. The Balaban J connectivity index is 2.06. The summed E-state index contributed by atoms with van der Waals surface area (Å²) >= 11 is 0. The fraction of sp³-hybridized carbons (Fsp3) is 0.550. The minimum absolute atomic E-state index is 0.0400. The molecule has 0 fully saturated rings. The van der Waals surface area contributed by atoms with Crippen LogP contribution in [0.25, 0.3) is 0 Å². The number of nitrogens with zero attached hydrogens (tertiary/aromatic N) is 2. The summed E-state index contributed by atoms with van der Waals surface area (Å²) in [5.41, 5.74) is 0.406. The van der Waals surface area contributed by atoms with Crippen molar-refractivity contribution in [2.24, 2.45) is 4.99 Å². The second kappa shape index (κ2) is 9.39. The molecular formula is C20H29N3O5S. The average Bonchev–Trinajstić information content (AvgIpc) is 2.96. The van der Waals surface area contributed by atoms with E-state index in [1.807, 2.05) is 27.7 Å². The normalized spacial score (nSPS) is 19.0. The molecule has 0 bridgehead atoms. The maximum Gasteiger partial charge on any atom is 0.331 e. The van der Waals surface area contributed by atoms with Gasteiger partial charge < -0.3 is 9.64 Å². The third-order valence-corrected chi connectivity index (χ3v) is 6.48. The molecule has 2 rings (SSSR count). The fourth-order valence-electron chi connectivity index (χ4n) is 3.12. The summed E-state index contributed by atoms with van der Waals surface area (Å²) in [6.45, 7) is 9.05. The first-order valence-electron chi connectivity index (χ1n) is 9.80. The van der Waals surface area contributed by atoms with Crippen molar-refractivity contribution in [2.45, 2.75) is 70.5 Å². The zero-order valence-electron chi connectivity index (χ0n) is 17.5. The molecule has 0 unspecified atom stereocenters. The lowest BCUT2D eigenvalue weighted by atomic mass is 10.1. The number of aliphatic imine (C=N–C) groups is 1. The highest BCUT2D eigenvalue weighted by Gasteiger charge is 2.31. The summed E-state index contributed by atoms with van der Waals surface area (Å²) in [5.74, 6) is -0.853. The largest absolute Gasteiger partial charge is 0.454 e. The number of fused-ring (bicyclic) bond motifs is 1. The van der Waals surface area contributed by atoms with Crippen LogP contribution in [0, 0.1) is 0 Å². The molecular weight excluding hydrogens is 394 g/mol. The molecule has 1 aliphatic heterocycles. The van der Waals surface area contributed by atoms with E-state index < -0.39 is 22.0 Å². The fourth-order valence-corrected chi connectivity index (χ4v) is 4.36. The van der Waals surface area contributed by atoms with Crippen molar-refractivity contribution in [3.63, 3.8) is 0 Å². The van der Waals surface area contributed by atoms with Crippen LogP contribution in [-0.4, -0.2) is 55.8 Å². The van der Waals surface area contributed by atoms with Crippen LogP contribution in [0.2, 0.25) is 0 Å². The first kappa shape index (κ1) is 22.9. The van der Waals surface area contributed by atoms with E-state index in [-0.39, 0.29) is 35.3 Å². The zero-order valence-corrected chi connectivity index (χ0v) is 18.3. The number of benzene rings is 1. The molecule has 0 radical (unpaired) electrons. The highest BCUT2D eigenvalue weighted by molar-refractivity contribution is 7.90. The van der Waals surface area contributed by atoms with Gasteiger partial charge in [0, 0.05) is 17.6 Å². The van der Waals surface area contributed by atoms with Crippen LogP contribution >= 0.6 is 0 Å². The number of amidine groups is 1. The molecule has 1 aromatic rings. The highest BCUT2D eigenvalue weighted by Crippen LogP contribution is 2.22. The summed E-state index contributed by atoms with van der Waals surface area (Å²) in [7, 11) is -3.68. The number of carbonyl (C=O) groups is 2. The molecule has 1 aromatic carbocycles. The zero-order chi connectivity index (χ0) is 21.8. The molecule has 1 amide bonds. The number of hydrogen-bond acceptors (Lipinski definition) is 6. The summed E-state index contributed by atoms with van der Waals surface area (Å²) in [5, 5.41) is 0. The summed E-state index contributed by atoms with van der Waals surface area (Å²) in [6, 6.07) is 5.51. The minimum Gasteiger partial charge on any atom is -0.454 e. The van der Waals surface area contributed by atoms with Crippen LogP contribution in [0.3, 0.4) is 0 Å². The number of sulfonamides is 1. The van der Waals surface area contributed by atoms with E-state index in [4.69, 9.17) is 4.74 Å². The van der Waals surface area contributed by atoms with Gasteiger partial charge in [-0.1, -0.05) is 26.0 Å². The van der Waals surface area contributed by atoms with Gasteiger partial charge in [0.1, 0.15) is 11.9 Å². The predicted molar refractivity (Wildman–Crippen MR) is 110 cm³/mol. The second-order valence-corrected chi connectivity index (χ2v) is 8.83. The van der Waals surface area contributed by atoms with Gasteiger partial charge in [0.15, 0.2) is 6.61 Å². The van der Waals surface area contributed by atoms with Crippen LogP contribution < -0.4 is 4.72 Å². The number of amides is 1. The Bertz CT molecular complexity index is 887. The van der Waals surface area contributed by atoms with Gasteiger partial charge in [-0.15, -0.1) is 0 Å². The molecule has 3 atom stereocenters. The molecule has 29 heavy (non-hydrogen) atoms. The molecule has 0 saturated carbocycles. The molecule has 160 valence electrons. The molecule has 8 nitrogen and oxygen atoms in total. The van der Waals surface area contributed by atoms with Crippen molar-refractivity contribution < 1.29 is 22.7 Å². The monoisotopic (exact) mass is 423 g/mol. The van der Waals surface area contributed by atoms with Gasteiger partial charge >= 0.3 is 5.97 Å². The van der Waals surface area contributed by atoms with E-state index in [0.29, 0.717) is 5.56 Å². The van der Waals surface area contributed by atoms with Crippen LogP contribution in [-0.2, 0) is 24.3 Å². The number of rotatable bonds is 8. The van der Waals surface area contributed by atoms with Gasteiger partial charge in [-0.2, -0.15) is 0 Å². The number of hydrogen-bond donors (Lipinski definition) is 1. The van der Waals surface area contributed by atoms with Crippen molar-refractivity contribution in [3.8, 4) is 0 Å². The van der Waals surface area contributed by atoms with E-state index in [9.17, 15) is 18.0 Å². The van der Waals surface area contributed by atoms with E-state index in [1.165, 1.54) is 13.0 Å². The van der Waals surface area contributed by atoms with Crippen LogP contribution in [0.5, 0.6) is 0 Å². The number of ether oxygens (including phenoxy) is 1. The number of carbonyl (C=O) groups excluding carboxylic acids is 2. The lowest BCUT2D eigenvalue weighted by molar-refractivity contribution is -0.154. The Kier molecular flexibility index (Phi) is 7.40. The van der Waals surface area contributed by atoms with Crippen molar-refractivity contribution in [1.82, 2.24) is 9.62 Å². The Hall–Kier alpha value is -2.42. The molecule has 1 aliphatic rings. The first-order chi connectivity index (χ1) is 13.6. The summed E-state index contributed by atoms with van der Waals surface area (Å²) in [4.78, 5) is 30.9. The molecule has 0 saturated heterocycles. The third-order valence-electron chi connectivity index (χ3n) is 5.08. The van der Waals surface area contributed by atoms with E-state index in [2.05, 4.69) is 9.71 Å². The quantitative estimate of drug-likeness (QED) is 0.645. The molecule has 9 heteroatoms. The Labute approximate surface area is 172 Å². The number of esters is 1. The number of nitrogens with one attached hydrogen (secondary N) is 1. The summed E-state index contributed by atoms with van der Waals surface area (Å²) < 4.78 is 31.8. The van der Waals surface area contributed by atoms with E-state index in [0.717, 1.165) is 12.8 Å². The molecule has 0 spiro atoms. The maximum atomic E-state index is 12.6. The predicted octanol–water partition coefficient (Wildman–Crippen LogP) is 2.08. The van der Waals surface area contributed by atoms with E-state index in [1.54, 1.807) is 23.1 Å². The van der Waals surface area contributed by atoms with Gasteiger partial charge in [-0.3, -0.25) is 14.5 Å². The van der Waals surface area contributed by atoms with Gasteiger partial charge in [0.2, 0.25) is 0 Å². The molecule has 1 N–H and O–H groups in total. The molecule has 0 aliphatic carbocycles. The van der Waals surface area contributed by atoms with Gasteiger partial charge in [0.05, 0.1) is 4.90 Å². The lowest BCUT2D eigenvalue weighted by Crippen LogP contribution is -2.46. The van der Waals surface area contributed by atoms with Crippen molar-refractivity contribution >= 4 is 27.7 Å². The lowest BCUT2D eigenvalue weighted by Gasteiger charge is -2.33. The topological polar surface area (TPSA) is 105 Å². The third kappa shape index (κ3) is 5.14. The average molecular weight is 424 g/mol. The van der Waals surface area contributed by atoms with Crippen molar-refractivity contribution in [1.29, 1.82) is 0 Å². The van der Waals surface area contributed by atoms with E-state index >= 15 is 0 Å². The highest BCUT2D eigenvalue weighted by atomic mass is 32.2. The molecule has 0 aromatic heterocycles. The van der Waals surface area contributed by atoms with Crippen molar-refractivity contribution in [2.75, 3.05) is 6.61 Å². The van der Waals surface area contributed by atoms with Crippen molar-refractivity contribution in [3.05, 3.63) is 29.8 Å². The van der Waals surface area contributed by atoms with Crippen LogP contribution in [0.15, 0.2) is 34.2 Å². The Morgan fingerprint density at radius 2 is 1.69 bits per heavy atom. The van der Waals surface area contributed by atoms with Gasteiger partial charge in [0.25, 0.3) is 15.9 Å².